The molecule has 0 unspecified atom stereocenters. The fraction of sp³-hybridized carbons (Fsp3) is 0.769. The highest BCUT2D eigenvalue weighted by Gasteiger charge is 2.33. The zero-order valence-electron chi connectivity index (χ0n) is 12.0. The quantitative estimate of drug-likeness (QED) is 0.853. The summed E-state index contributed by atoms with van der Waals surface area (Å²) in [5.74, 6) is 1.69. The zero-order chi connectivity index (χ0) is 14.3. The number of hydrogen-bond acceptors (Lipinski definition) is 6. The summed E-state index contributed by atoms with van der Waals surface area (Å²) < 4.78 is 4.48. The van der Waals surface area contributed by atoms with Crippen LogP contribution in [0.25, 0.3) is 0 Å². The van der Waals surface area contributed by atoms with Crippen molar-refractivity contribution in [1.29, 1.82) is 0 Å². The van der Waals surface area contributed by atoms with Crippen molar-refractivity contribution < 1.29 is 0 Å². The average Bonchev–Trinajstić information content (AvgIpc) is 3.16. The molecule has 20 heavy (non-hydrogen) atoms. The second-order valence-electron chi connectivity index (χ2n) is 6.11. The molecule has 1 aromatic rings. The maximum atomic E-state index is 5.85. The van der Waals surface area contributed by atoms with E-state index >= 15 is 0 Å². The maximum absolute atomic E-state index is 5.85. The first-order chi connectivity index (χ1) is 9.48. The fourth-order valence-electron chi connectivity index (χ4n) is 2.47. The maximum Gasteiger partial charge on any atom is 0.205 e. The number of piperazine rings is 1. The van der Waals surface area contributed by atoms with E-state index in [4.69, 9.17) is 18.0 Å². The lowest BCUT2D eigenvalue weighted by molar-refractivity contribution is 0.168. The molecule has 0 bridgehead atoms. The number of hydrogen-bond donors (Lipinski definition) is 1. The largest absolute Gasteiger partial charge is 0.392 e. The number of nitrogens with two attached hydrogens (primary N) is 1. The minimum atomic E-state index is -0.207. The van der Waals surface area contributed by atoms with Gasteiger partial charge in [-0.15, -0.1) is 0 Å². The molecule has 3 rings (SSSR count). The van der Waals surface area contributed by atoms with E-state index in [1.807, 2.05) is 0 Å². The Balaban J connectivity index is 1.61. The van der Waals surface area contributed by atoms with Gasteiger partial charge in [-0.2, -0.15) is 4.37 Å². The lowest BCUT2D eigenvalue weighted by Gasteiger charge is -2.43. The third kappa shape index (κ3) is 2.66. The van der Waals surface area contributed by atoms with Crippen molar-refractivity contribution in [1.82, 2.24) is 14.3 Å². The van der Waals surface area contributed by atoms with Crippen LogP contribution in [0.1, 0.15) is 38.4 Å². The normalized spacial score (nSPS) is 21.2. The van der Waals surface area contributed by atoms with Crippen molar-refractivity contribution in [3.63, 3.8) is 0 Å². The van der Waals surface area contributed by atoms with Crippen LogP contribution in [0.2, 0.25) is 0 Å². The first-order valence-corrected chi connectivity index (χ1v) is 8.30. The van der Waals surface area contributed by atoms with Crippen LogP contribution >= 0.6 is 23.8 Å². The molecule has 0 spiro atoms. The second-order valence-corrected chi connectivity index (χ2v) is 7.28. The second kappa shape index (κ2) is 5.20. The summed E-state index contributed by atoms with van der Waals surface area (Å²) in [6.45, 7) is 8.05. The highest BCUT2D eigenvalue weighted by Crippen LogP contribution is 2.39. The molecule has 2 heterocycles. The summed E-state index contributed by atoms with van der Waals surface area (Å²) in [5.41, 5.74) is 5.64. The van der Waals surface area contributed by atoms with Crippen molar-refractivity contribution in [2.45, 2.75) is 38.1 Å². The summed E-state index contributed by atoms with van der Waals surface area (Å²) in [6.07, 6.45) is 2.51. The molecule has 1 aromatic heterocycles. The third-order valence-corrected chi connectivity index (χ3v) is 5.61. The van der Waals surface area contributed by atoms with Crippen molar-refractivity contribution in [3.8, 4) is 0 Å². The molecule has 1 saturated heterocycles. The highest BCUT2D eigenvalue weighted by atomic mass is 32.1. The van der Waals surface area contributed by atoms with Crippen molar-refractivity contribution in [2.75, 3.05) is 31.1 Å². The molecular weight excluding hydrogens is 290 g/mol. The summed E-state index contributed by atoms with van der Waals surface area (Å²) in [7, 11) is 0. The standard InChI is InChI=1S/C13H21N5S2/c1-13(2,11(14)19)18-7-5-17(6-8-18)12-15-10(16-20-12)9-3-4-9/h9H,3-8H2,1-2H3,(H2,14,19). The van der Waals surface area contributed by atoms with E-state index in [0.29, 0.717) is 10.9 Å². The van der Waals surface area contributed by atoms with Gasteiger partial charge in [-0.25, -0.2) is 4.98 Å². The Kier molecular flexibility index (Phi) is 3.68. The SMILES string of the molecule is CC(C)(C(N)=S)N1CCN(c2nc(C3CC3)ns2)CC1. The lowest BCUT2D eigenvalue weighted by atomic mass is 10.0. The Morgan fingerprint density at radius 2 is 1.95 bits per heavy atom. The number of anilines is 1. The van der Waals surface area contributed by atoms with E-state index in [1.165, 1.54) is 24.4 Å². The third-order valence-electron chi connectivity index (χ3n) is 4.32. The molecule has 110 valence electrons. The van der Waals surface area contributed by atoms with Gasteiger partial charge in [0.2, 0.25) is 5.13 Å². The van der Waals surface area contributed by atoms with Crippen LogP contribution in [0, 0.1) is 0 Å². The Morgan fingerprint density at radius 1 is 1.30 bits per heavy atom. The highest BCUT2D eigenvalue weighted by molar-refractivity contribution is 7.80. The monoisotopic (exact) mass is 311 g/mol. The van der Waals surface area contributed by atoms with E-state index in [1.54, 1.807) is 0 Å². The molecule has 0 amide bonds. The number of thiocarbonyl (C=S) groups is 1. The molecule has 1 saturated carbocycles. The Bertz CT molecular complexity index is 501. The van der Waals surface area contributed by atoms with Gasteiger partial charge < -0.3 is 10.6 Å². The average molecular weight is 311 g/mol. The van der Waals surface area contributed by atoms with Gasteiger partial charge in [0, 0.05) is 43.6 Å². The first kappa shape index (κ1) is 14.2. The molecule has 2 aliphatic rings. The minimum Gasteiger partial charge on any atom is -0.392 e. The van der Waals surface area contributed by atoms with Gasteiger partial charge in [0.1, 0.15) is 5.82 Å². The predicted molar refractivity (Wildman–Crippen MR) is 86.5 cm³/mol. The van der Waals surface area contributed by atoms with Gasteiger partial charge >= 0.3 is 0 Å². The summed E-state index contributed by atoms with van der Waals surface area (Å²) in [5, 5.41) is 1.07. The number of rotatable bonds is 4. The smallest absolute Gasteiger partial charge is 0.205 e. The topological polar surface area (TPSA) is 58.3 Å². The molecular formula is C13H21N5S2. The van der Waals surface area contributed by atoms with Crippen LogP contribution in [0.5, 0.6) is 0 Å². The van der Waals surface area contributed by atoms with Gasteiger partial charge in [-0.05, 0) is 26.7 Å². The van der Waals surface area contributed by atoms with Crippen LogP contribution < -0.4 is 10.6 Å². The summed E-state index contributed by atoms with van der Waals surface area (Å²) in [4.78, 5) is 9.93. The minimum absolute atomic E-state index is 0.207. The van der Waals surface area contributed by atoms with Crippen molar-refractivity contribution in [2.24, 2.45) is 5.73 Å². The number of nitrogens with zero attached hydrogens (tertiary/aromatic N) is 4. The van der Waals surface area contributed by atoms with Gasteiger partial charge in [0.05, 0.1) is 10.5 Å². The lowest BCUT2D eigenvalue weighted by Crippen LogP contribution is -2.59. The van der Waals surface area contributed by atoms with E-state index in [-0.39, 0.29) is 5.54 Å². The van der Waals surface area contributed by atoms with Gasteiger partial charge in [-0.3, -0.25) is 4.90 Å². The van der Waals surface area contributed by atoms with Crippen molar-refractivity contribution >= 4 is 33.9 Å². The molecule has 5 nitrogen and oxygen atoms in total. The molecule has 7 heteroatoms. The van der Waals surface area contributed by atoms with E-state index in [0.717, 1.165) is 37.1 Å². The molecule has 1 aliphatic heterocycles. The molecule has 2 fully saturated rings. The summed E-state index contributed by atoms with van der Waals surface area (Å²) in [6, 6.07) is 0. The first-order valence-electron chi connectivity index (χ1n) is 7.12. The van der Waals surface area contributed by atoms with Crippen LogP contribution in [0.15, 0.2) is 0 Å². The Morgan fingerprint density at radius 3 is 2.50 bits per heavy atom. The molecule has 1 aliphatic carbocycles. The van der Waals surface area contributed by atoms with Gasteiger partial charge in [0.15, 0.2) is 0 Å². The molecule has 0 radical (unpaired) electrons. The van der Waals surface area contributed by atoms with Gasteiger partial charge in [0.25, 0.3) is 0 Å². The molecule has 0 aromatic carbocycles. The fourth-order valence-corrected chi connectivity index (χ4v) is 3.40. The van der Waals surface area contributed by atoms with E-state index in [2.05, 4.69) is 33.0 Å². The van der Waals surface area contributed by atoms with Crippen LogP contribution in [0.3, 0.4) is 0 Å². The Labute approximate surface area is 129 Å². The number of aromatic nitrogens is 2. The van der Waals surface area contributed by atoms with Crippen molar-refractivity contribution in [3.05, 3.63) is 5.82 Å². The van der Waals surface area contributed by atoms with Crippen LogP contribution in [-0.2, 0) is 0 Å². The van der Waals surface area contributed by atoms with Gasteiger partial charge in [-0.1, -0.05) is 12.2 Å². The predicted octanol–water partition coefficient (Wildman–Crippen LogP) is 1.60. The van der Waals surface area contributed by atoms with Crippen LogP contribution in [-0.4, -0.2) is 51.0 Å². The zero-order valence-corrected chi connectivity index (χ0v) is 13.6. The summed E-state index contributed by atoms with van der Waals surface area (Å²) >= 11 is 6.71. The van der Waals surface area contributed by atoms with E-state index in [9.17, 15) is 0 Å². The molecule has 2 N–H and O–H groups in total. The Hall–Kier alpha value is -0.790. The molecule has 0 atom stereocenters. The van der Waals surface area contributed by atoms with Crippen LogP contribution in [0.4, 0.5) is 5.13 Å². The van der Waals surface area contributed by atoms with E-state index < -0.39 is 0 Å².